The number of halogens is 2. The molecule has 1 aliphatic rings. The number of ether oxygens (including phenoxy) is 2. The SMILES string of the molecule is Cc1cc(C(C)(C)C)cc(OC(=O)C2=CC=C(Cl)CC2)c1OC(=O)c1ccc(Cl)cc1. The van der Waals surface area contributed by atoms with Gasteiger partial charge in [-0.2, -0.15) is 0 Å². The largest absolute Gasteiger partial charge is 0.419 e. The van der Waals surface area contributed by atoms with Gasteiger partial charge in [-0.3, -0.25) is 0 Å². The molecule has 0 aromatic heterocycles. The summed E-state index contributed by atoms with van der Waals surface area (Å²) in [6.07, 6.45) is 4.43. The Hall–Kier alpha value is -2.56. The lowest BCUT2D eigenvalue weighted by Crippen LogP contribution is -2.17. The summed E-state index contributed by atoms with van der Waals surface area (Å²) in [5, 5.41) is 1.21. The van der Waals surface area contributed by atoms with Gasteiger partial charge in [0.1, 0.15) is 0 Å². The van der Waals surface area contributed by atoms with Crippen molar-refractivity contribution in [1.29, 1.82) is 0 Å². The van der Waals surface area contributed by atoms with Gasteiger partial charge in [-0.25, -0.2) is 9.59 Å². The molecule has 0 spiro atoms. The van der Waals surface area contributed by atoms with Crippen LogP contribution in [0, 0.1) is 6.92 Å². The van der Waals surface area contributed by atoms with Gasteiger partial charge in [0.2, 0.25) is 0 Å². The third kappa shape index (κ3) is 5.78. The second-order valence-electron chi connectivity index (χ2n) is 8.46. The van der Waals surface area contributed by atoms with Crippen LogP contribution in [0.4, 0.5) is 0 Å². The van der Waals surface area contributed by atoms with Gasteiger partial charge in [-0.05, 0) is 72.7 Å². The second kappa shape index (κ2) is 9.29. The molecule has 0 unspecified atom stereocenters. The molecule has 0 heterocycles. The zero-order chi connectivity index (χ0) is 22.8. The first-order chi connectivity index (χ1) is 14.5. The van der Waals surface area contributed by atoms with E-state index >= 15 is 0 Å². The van der Waals surface area contributed by atoms with Gasteiger partial charge in [0.05, 0.1) is 5.56 Å². The molecule has 0 amide bonds. The molecule has 0 aliphatic heterocycles. The minimum atomic E-state index is -0.563. The molecule has 0 N–H and O–H groups in total. The normalized spacial score (nSPS) is 13.9. The van der Waals surface area contributed by atoms with Gasteiger partial charge in [0.25, 0.3) is 0 Å². The third-order valence-electron chi connectivity index (χ3n) is 4.94. The highest BCUT2D eigenvalue weighted by molar-refractivity contribution is 6.30. The van der Waals surface area contributed by atoms with Crippen LogP contribution in [0.3, 0.4) is 0 Å². The molecule has 3 rings (SSSR count). The minimum absolute atomic E-state index is 0.189. The summed E-state index contributed by atoms with van der Waals surface area (Å²) in [4.78, 5) is 25.5. The van der Waals surface area contributed by atoms with Crippen LogP contribution < -0.4 is 9.47 Å². The molecule has 2 aromatic carbocycles. The predicted molar refractivity (Wildman–Crippen MR) is 123 cm³/mol. The molecule has 31 heavy (non-hydrogen) atoms. The number of allylic oxidation sites excluding steroid dienone is 3. The maximum atomic E-state index is 12.8. The van der Waals surface area contributed by atoms with E-state index in [1.54, 1.807) is 42.5 Å². The zero-order valence-corrected chi connectivity index (χ0v) is 19.4. The maximum absolute atomic E-state index is 12.8. The van der Waals surface area contributed by atoms with Crippen LogP contribution in [0.1, 0.15) is 55.1 Å². The molecule has 1 aliphatic carbocycles. The van der Waals surface area contributed by atoms with E-state index in [-0.39, 0.29) is 16.9 Å². The maximum Gasteiger partial charge on any atom is 0.343 e. The molecule has 0 fully saturated rings. The zero-order valence-electron chi connectivity index (χ0n) is 17.9. The van der Waals surface area contributed by atoms with E-state index in [0.29, 0.717) is 39.6 Å². The molecule has 4 nitrogen and oxygen atoms in total. The van der Waals surface area contributed by atoms with Gasteiger partial charge in [-0.1, -0.05) is 56.1 Å². The number of aryl methyl sites for hydroxylation is 1. The first kappa shape index (κ1) is 23.1. The van der Waals surface area contributed by atoms with Crippen LogP contribution in [-0.4, -0.2) is 11.9 Å². The molecule has 6 heteroatoms. The molecule has 0 atom stereocenters. The van der Waals surface area contributed by atoms with Gasteiger partial charge in [-0.15, -0.1) is 0 Å². The number of hydrogen-bond acceptors (Lipinski definition) is 4. The van der Waals surface area contributed by atoms with Crippen molar-refractivity contribution in [2.75, 3.05) is 0 Å². The highest BCUT2D eigenvalue weighted by atomic mass is 35.5. The fourth-order valence-corrected chi connectivity index (χ4v) is 3.35. The molecule has 0 saturated heterocycles. The first-order valence-corrected chi connectivity index (χ1v) is 10.7. The summed E-state index contributed by atoms with van der Waals surface area (Å²) < 4.78 is 11.4. The fourth-order valence-electron chi connectivity index (χ4n) is 3.07. The van der Waals surface area contributed by atoms with Crippen molar-refractivity contribution in [3.8, 4) is 11.5 Å². The van der Waals surface area contributed by atoms with Gasteiger partial charge in [0.15, 0.2) is 11.5 Å². The Bertz CT molecular complexity index is 1070. The Labute approximate surface area is 192 Å². The molecule has 2 aromatic rings. The van der Waals surface area contributed by atoms with Gasteiger partial charge >= 0.3 is 11.9 Å². The topological polar surface area (TPSA) is 52.6 Å². The number of hydrogen-bond donors (Lipinski definition) is 0. The van der Waals surface area contributed by atoms with Crippen LogP contribution in [0.5, 0.6) is 11.5 Å². The quantitative estimate of drug-likeness (QED) is 0.368. The summed E-state index contributed by atoms with van der Waals surface area (Å²) in [7, 11) is 0. The van der Waals surface area contributed by atoms with Crippen molar-refractivity contribution < 1.29 is 19.1 Å². The average molecular weight is 459 g/mol. The standard InChI is InChI=1S/C25H24Cl2O4/c1-15-13-18(25(2,3)4)14-21(30-23(28)16-5-9-19(26)10-6-16)22(15)31-24(29)17-7-11-20(27)12-8-17/h5,7-9,11-14H,6,10H2,1-4H3. The minimum Gasteiger partial charge on any atom is -0.419 e. The van der Waals surface area contributed by atoms with E-state index in [2.05, 4.69) is 20.8 Å². The Morgan fingerprint density at radius 3 is 2.16 bits per heavy atom. The van der Waals surface area contributed by atoms with Crippen molar-refractivity contribution in [3.05, 3.63) is 80.9 Å². The fraction of sp³-hybridized carbons (Fsp3) is 0.280. The Morgan fingerprint density at radius 2 is 1.58 bits per heavy atom. The van der Waals surface area contributed by atoms with E-state index in [4.69, 9.17) is 32.7 Å². The Morgan fingerprint density at radius 1 is 0.903 bits per heavy atom. The van der Waals surface area contributed by atoms with E-state index in [1.807, 2.05) is 13.0 Å². The summed E-state index contributed by atoms with van der Waals surface area (Å²) in [6, 6.07) is 10.1. The van der Waals surface area contributed by atoms with Gasteiger partial charge in [0, 0.05) is 15.6 Å². The lowest BCUT2D eigenvalue weighted by atomic mass is 9.86. The van der Waals surface area contributed by atoms with E-state index < -0.39 is 11.9 Å². The molecular weight excluding hydrogens is 435 g/mol. The molecule has 162 valence electrons. The van der Waals surface area contributed by atoms with Crippen LogP contribution >= 0.6 is 23.2 Å². The summed E-state index contributed by atoms with van der Waals surface area (Å²) in [6.45, 7) is 8.00. The number of rotatable bonds is 4. The Kier molecular flexibility index (Phi) is 6.93. The predicted octanol–water partition coefficient (Wildman–Crippen LogP) is 6.91. The molecule has 0 saturated carbocycles. The van der Waals surface area contributed by atoms with E-state index in [9.17, 15) is 9.59 Å². The molecule has 0 bridgehead atoms. The lowest BCUT2D eigenvalue weighted by molar-refractivity contribution is -0.130. The van der Waals surface area contributed by atoms with E-state index in [1.165, 1.54) is 0 Å². The first-order valence-electron chi connectivity index (χ1n) is 9.95. The van der Waals surface area contributed by atoms with Crippen molar-refractivity contribution >= 4 is 35.1 Å². The number of carbonyl (C=O) groups is 2. The van der Waals surface area contributed by atoms with Gasteiger partial charge < -0.3 is 9.47 Å². The number of esters is 2. The van der Waals surface area contributed by atoms with Crippen LogP contribution in [-0.2, 0) is 10.2 Å². The Balaban J connectivity index is 1.96. The average Bonchev–Trinajstić information content (AvgIpc) is 2.70. The van der Waals surface area contributed by atoms with E-state index in [0.717, 1.165) is 5.56 Å². The summed E-state index contributed by atoms with van der Waals surface area (Å²) in [5.74, 6) is -0.632. The number of carbonyl (C=O) groups excluding carboxylic acids is 2. The summed E-state index contributed by atoms with van der Waals surface area (Å²) >= 11 is 11.9. The van der Waals surface area contributed by atoms with Crippen molar-refractivity contribution in [2.24, 2.45) is 0 Å². The second-order valence-corrected chi connectivity index (χ2v) is 9.38. The molecular formula is C25H24Cl2O4. The van der Waals surface area contributed by atoms with Crippen molar-refractivity contribution in [2.45, 2.75) is 46.0 Å². The lowest BCUT2D eigenvalue weighted by Gasteiger charge is -2.23. The monoisotopic (exact) mass is 458 g/mol. The van der Waals surface area contributed by atoms with Crippen LogP contribution in [0.2, 0.25) is 5.02 Å². The number of benzene rings is 2. The third-order valence-corrected chi connectivity index (χ3v) is 5.51. The van der Waals surface area contributed by atoms with Crippen molar-refractivity contribution in [1.82, 2.24) is 0 Å². The highest BCUT2D eigenvalue weighted by Crippen LogP contribution is 2.38. The molecule has 0 radical (unpaired) electrons. The highest BCUT2D eigenvalue weighted by Gasteiger charge is 2.24. The smallest absolute Gasteiger partial charge is 0.343 e. The van der Waals surface area contributed by atoms with Crippen LogP contribution in [0.15, 0.2) is 59.2 Å². The van der Waals surface area contributed by atoms with Crippen LogP contribution in [0.25, 0.3) is 0 Å². The van der Waals surface area contributed by atoms with Crippen molar-refractivity contribution in [3.63, 3.8) is 0 Å². The summed E-state index contributed by atoms with van der Waals surface area (Å²) in [5.41, 5.74) is 2.32.